The van der Waals surface area contributed by atoms with Crippen molar-refractivity contribution in [2.45, 2.75) is 57.7 Å². The molecule has 1 fully saturated rings. The molecule has 5 nitrogen and oxygen atoms in total. The molecule has 0 radical (unpaired) electrons. The summed E-state index contributed by atoms with van der Waals surface area (Å²) >= 11 is 6.18. The summed E-state index contributed by atoms with van der Waals surface area (Å²) in [7, 11) is 0. The lowest BCUT2D eigenvalue weighted by Crippen LogP contribution is -2.22. The van der Waals surface area contributed by atoms with E-state index in [9.17, 15) is 0 Å². The molecule has 1 aliphatic heterocycles. The van der Waals surface area contributed by atoms with Crippen LogP contribution in [0.15, 0.2) is 18.2 Å². The van der Waals surface area contributed by atoms with E-state index in [2.05, 4.69) is 33.1 Å². The minimum Gasteiger partial charge on any atom is -0.379 e. The highest BCUT2D eigenvalue weighted by molar-refractivity contribution is 6.30. The normalized spacial score (nSPS) is 23.4. The molecule has 128 valence electrons. The summed E-state index contributed by atoms with van der Waals surface area (Å²) in [6.07, 6.45) is 4.84. The van der Waals surface area contributed by atoms with Gasteiger partial charge in [0.15, 0.2) is 5.82 Å². The Morgan fingerprint density at radius 2 is 2.04 bits per heavy atom. The summed E-state index contributed by atoms with van der Waals surface area (Å²) < 4.78 is 8.03. The molecule has 0 amide bonds. The number of halogens is 1. The van der Waals surface area contributed by atoms with E-state index in [1.807, 2.05) is 12.1 Å². The highest BCUT2D eigenvalue weighted by Crippen LogP contribution is 2.35. The Morgan fingerprint density at radius 3 is 2.83 bits per heavy atom. The Kier molecular flexibility index (Phi) is 4.57. The third-order valence-electron chi connectivity index (χ3n) is 5.08. The minimum atomic E-state index is 0.408. The first-order valence-electron chi connectivity index (χ1n) is 8.81. The van der Waals surface area contributed by atoms with Gasteiger partial charge >= 0.3 is 0 Å². The highest BCUT2D eigenvalue weighted by Gasteiger charge is 2.29. The zero-order chi connectivity index (χ0) is 16.5. The third-order valence-corrected chi connectivity index (χ3v) is 5.31. The van der Waals surface area contributed by atoms with Crippen LogP contribution in [0.5, 0.6) is 0 Å². The fourth-order valence-corrected chi connectivity index (χ4v) is 4.11. The smallest absolute Gasteiger partial charge is 0.151 e. The summed E-state index contributed by atoms with van der Waals surface area (Å²) in [5.74, 6) is 2.52. The van der Waals surface area contributed by atoms with Crippen molar-refractivity contribution < 1.29 is 4.74 Å². The van der Waals surface area contributed by atoms with Gasteiger partial charge in [-0.15, -0.1) is 10.2 Å². The largest absolute Gasteiger partial charge is 0.379 e. The van der Waals surface area contributed by atoms with E-state index in [1.54, 1.807) is 0 Å². The number of nitrogens with zero attached hydrogens (tertiary/aromatic N) is 3. The molecule has 0 unspecified atom stereocenters. The Labute approximate surface area is 147 Å². The molecule has 0 bridgehead atoms. The maximum Gasteiger partial charge on any atom is 0.151 e. The fraction of sp³-hybridized carbons (Fsp3) is 0.556. The summed E-state index contributed by atoms with van der Waals surface area (Å²) in [4.78, 5) is 0. The molecule has 1 aromatic carbocycles. The second-order valence-electron chi connectivity index (χ2n) is 6.62. The van der Waals surface area contributed by atoms with Gasteiger partial charge in [0.2, 0.25) is 0 Å². The number of fused-ring (bicyclic) bond motifs is 3. The van der Waals surface area contributed by atoms with Crippen molar-refractivity contribution in [3.8, 4) is 5.69 Å². The Hall–Kier alpha value is -1.43. The van der Waals surface area contributed by atoms with Gasteiger partial charge in [-0.3, -0.25) is 4.57 Å². The zero-order valence-corrected chi connectivity index (χ0v) is 14.7. The maximum absolute atomic E-state index is 6.18. The molecular formula is C18H23ClN4O. The van der Waals surface area contributed by atoms with E-state index in [0.29, 0.717) is 12.0 Å². The molecule has 0 atom stereocenters. The van der Waals surface area contributed by atoms with Gasteiger partial charge in [-0.25, -0.2) is 0 Å². The average Bonchev–Trinajstić information content (AvgIpc) is 2.92. The van der Waals surface area contributed by atoms with Crippen molar-refractivity contribution in [2.75, 3.05) is 6.61 Å². The van der Waals surface area contributed by atoms with Gasteiger partial charge in [-0.2, -0.15) is 0 Å². The summed E-state index contributed by atoms with van der Waals surface area (Å²) in [6.45, 7) is 4.40. The summed E-state index contributed by atoms with van der Waals surface area (Å²) in [5, 5.41) is 13.2. The first kappa shape index (κ1) is 16.1. The third kappa shape index (κ3) is 2.96. The molecule has 1 aliphatic carbocycles. The number of aromatic nitrogens is 3. The lowest BCUT2D eigenvalue weighted by Gasteiger charge is -2.28. The number of hydrogen-bond donors (Lipinski definition) is 1. The fourth-order valence-electron chi connectivity index (χ4n) is 3.92. The van der Waals surface area contributed by atoms with Gasteiger partial charge in [0, 0.05) is 24.1 Å². The molecule has 1 N–H and O–H groups in total. The van der Waals surface area contributed by atoms with Crippen LogP contribution in [0.25, 0.3) is 5.69 Å². The molecule has 1 saturated carbocycles. The van der Waals surface area contributed by atoms with Crippen molar-refractivity contribution in [3.05, 3.63) is 40.4 Å². The van der Waals surface area contributed by atoms with E-state index >= 15 is 0 Å². The maximum atomic E-state index is 6.18. The number of ether oxygens (including phenoxy) is 1. The first-order valence-corrected chi connectivity index (χ1v) is 9.19. The monoisotopic (exact) mass is 346 g/mol. The molecule has 2 heterocycles. The lowest BCUT2D eigenvalue weighted by atomic mass is 9.86. The molecule has 0 saturated heterocycles. The van der Waals surface area contributed by atoms with Crippen molar-refractivity contribution in [3.63, 3.8) is 0 Å². The van der Waals surface area contributed by atoms with Gasteiger partial charge < -0.3 is 10.1 Å². The van der Waals surface area contributed by atoms with Crippen molar-refractivity contribution >= 4 is 11.6 Å². The van der Waals surface area contributed by atoms with E-state index in [4.69, 9.17) is 16.3 Å². The summed E-state index contributed by atoms with van der Waals surface area (Å²) in [6, 6.07) is 6.08. The predicted molar refractivity (Wildman–Crippen MR) is 93.5 cm³/mol. The van der Waals surface area contributed by atoms with Crippen molar-refractivity contribution in [1.29, 1.82) is 0 Å². The van der Waals surface area contributed by atoms with E-state index in [-0.39, 0.29) is 0 Å². The molecule has 24 heavy (non-hydrogen) atoms. The molecule has 1 aromatic heterocycles. The van der Waals surface area contributed by atoms with Crippen LogP contribution in [0.3, 0.4) is 0 Å². The quantitative estimate of drug-likeness (QED) is 0.922. The van der Waals surface area contributed by atoms with Gasteiger partial charge in [-0.1, -0.05) is 11.6 Å². The van der Waals surface area contributed by atoms with E-state index in [0.717, 1.165) is 67.7 Å². The zero-order valence-electron chi connectivity index (χ0n) is 14.0. The Bertz CT molecular complexity index is 722. The van der Waals surface area contributed by atoms with Crippen LogP contribution >= 0.6 is 11.6 Å². The average molecular weight is 347 g/mol. The highest BCUT2D eigenvalue weighted by atomic mass is 35.5. The second-order valence-corrected chi connectivity index (χ2v) is 7.05. The Balaban J connectivity index is 1.66. The van der Waals surface area contributed by atoms with Crippen LogP contribution in [0.2, 0.25) is 5.02 Å². The standard InChI is InChI=1S/C18H23ClN4O/c1-2-24-15-6-3-12(4-7-15)18-22-21-17-11-20-10-13-9-14(19)5-8-16(13)23(17)18/h5,8-9,12,15,20H,2-4,6-7,10-11H2,1H3/t12-,15-. The number of nitrogens with one attached hydrogen (secondary N) is 1. The first-order chi connectivity index (χ1) is 11.8. The SMILES string of the molecule is CCO[C@H]1CC[C@H](c2nnc3n2-c2ccc(Cl)cc2CNC3)CC1. The van der Waals surface area contributed by atoms with Gasteiger partial charge in [0.25, 0.3) is 0 Å². The van der Waals surface area contributed by atoms with E-state index in [1.165, 1.54) is 5.56 Å². The second kappa shape index (κ2) is 6.82. The number of benzene rings is 1. The molecular weight excluding hydrogens is 324 g/mol. The van der Waals surface area contributed by atoms with Crippen LogP contribution in [0, 0.1) is 0 Å². The number of hydrogen-bond acceptors (Lipinski definition) is 4. The topological polar surface area (TPSA) is 52.0 Å². The number of rotatable bonds is 3. The van der Waals surface area contributed by atoms with Gasteiger partial charge in [-0.05, 0) is 56.4 Å². The minimum absolute atomic E-state index is 0.408. The van der Waals surface area contributed by atoms with Crippen molar-refractivity contribution in [1.82, 2.24) is 20.1 Å². The van der Waals surface area contributed by atoms with Crippen LogP contribution in [-0.4, -0.2) is 27.5 Å². The summed E-state index contributed by atoms with van der Waals surface area (Å²) in [5.41, 5.74) is 2.36. The molecule has 0 spiro atoms. The van der Waals surface area contributed by atoms with Crippen LogP contribution < -0.4 is 5.32 Å². The molecule has 2 aromatic rings. The van der Waals surface area contributed by atoms with E-state index < -0.39 is 0 Å². The molecule has 6 heteroatoms. The molecule has 4 rings (SSSR count). The van der Waals surface area contributed by atoms with Gasteiger partial charge in [0.1, 0.15) is 5.82 Å². The van der Waals surface area contributed by atoms with Crippen LogP contribution in [0.4, 0.5) is 0 Å². The predicted octanol–water partition coefficient (Wildman–Crippen LogP) is 3.59. The molecule has 2 aliphatic rings. The van der Waals surface area contributed by atoms with Crippen molar-refractivity contribution in [2.24, 2.45) is 0 Å². The Morgan fingerprint density at radius 1 is 1.21 bits per heavy atom. The van der Waals surface area contributed by atoms with Crippen LogP contribution in [0.1, 0.15) is 55.7 Å². The lowest BCUT2D eigenvalue weighted by molar-refractivity contribution is 0.0321. The van der Waals surface area contributed by atoms with Crippen LogP contribution in [-0.2, 0) is 17.8 Å². The van der Waals surface area contributed by atoms with Gasteiger partial charge in [0.05, 0.1) is 18.3 Å².